The molecule has 22 heavy (non-hydrogen) atoms. The largest absolute Gasteiger partial charge is 0.458 e. The number of hydrogen-bond acceptors (Lipinski definition) is 5. The number of hydrogen-bond donors (Lipinski definition) is 0. The van der Waals surface area contributed by atoms with Crippen LogP contribution in [0.25, 0.3) is 11.3 Å². The van der Waals surface area contributed by atoms with Crippen molar-refractivity contribution in [2.45, 2.75) is 25.2 Å². The summed E-state index contributed by atoms with van der Waals surface area (Å²) in [6, 6.07) is 12.1. The van der Waals surface area contributed by atoms with Gasteiger partial charge >= 0.3 is 0 Å². The van der Waals surface area contributed by atoms with E-state index in [4.69, 9.17) is 13.9 Å². The maximum Gasteiger partial charge on any atom is 0.185 e. The second-order valence-electron chi connectivity index (χ2n) is 5.16. The SMILES string of the molecule is CO[C@H]1CC(=O)C[C@@H](c2cc(=O)cc(-c3ccccc3)o2)O1. The number of methoxy groups -OCH3 is 1. The molecule has 2 aromatic rings. The number of Topliss-reactive ketones (excluding diaryl/α,β-unsaturated/α-hetero) is 1. The number of rotatable bonds is 3. The lowest BCUT2D eigenvalue weighted by atomic mass is 10.0. The van der Waals surface area contributed by atoms with Crippen molar-refractivity contribution >= 4 is 5.78 Å². The molecule has 0 spiro atoms. The zero-order valence-corrected chi connectivity index (χ0v) is 12.2. The predicted octanol–water partition coefficient (Wildman–Crippen LogP) is 2.70. The molecule has 1 aliphatic heterocycles. The first-order valence-electron chi connectivity index (χ1n) is 7.06. The molecule has 1 aromatic carbocycles. The third kappa shape index (κ3) is 3.16. The van der Waals surface area contributed by atoms with E-state index in [-0.39, 0.29) is 24.1 Å². The molecule has 1 saturated heterocycles. The Morgan fingerprint density at radius 1 is 1.09 bits per heavy atom. The van der Waals surface area contributed by atoms with Crippen LogP contribution in [0.3, 0.4) is 0 Å². The summed E-state index contributed by atoms with van der Waals surface area (Å²) in [5.74, 6) is 0.830. The van der Waals surface area contributed by atoms with Crippen LogP contribution in [0, 0.1) is 0 Å². The first kappa shape index (κ1) is 14.7. The topological polar surface area (TPSA) is 65.7 Å². The summed E-state index contributed by atoms with van der Waals surface area (Å²) >= 11 is 0. The van der Waals surface area contributed by atoms with Gasteiger partial charge in [0.25, 0.3) is 0 Å². The van der Waals surface area contributed by atoms with Crippen LogP contribution in [0.4, 0.5) is 0 Å². The molecule has 0 bridgehead atoms. The fourth-order valence-electron chi connectivity index (χ4n) is 2.46. The van der Waals surface area contributed by atoms with E-state index in [0.717, 1.165) is 5.56 Å². The minimum atomic E-state index is -0.600. The van der Waals surface area contributed by atoms with Crippen molar-refractivity contribution in [3.63, 3.8) is 0 Å². The highest BCUT2D eigenvalue weighted by molar-refractivity contribution is 5.80. The summed E-state index contributed by atoms with van der Waals surface area (Å²) in [5.41, 5.74) is 0.613. The summed E-state index contributed by atoms with van der Waals surface area (Å²) in [4.78, 5) is 23.7. The van der Waals surface area contributed by atoms with E-state index < -0.39 is 12.4 Å². The standard InChI is InChI=1S/C17H16O5/c1-20-17-10-13(19)9-16(22-17)15-8-12(18)7-14(21-15)11-5-3-2-4-6-11/h2-8,16-17H,9-10H2,1H3/t16-,17+/m0/s1. The van der Waals surface area contributed by atoms with Gasteiger partial charge in [0.15, 0.2) is 11.7 Å². The Balaban J connectivity index is 1.96. The molecular weight excluding hydrogens is 284 g/mol. The predicted molar refractivity (Wildman–Crippen MR) is 79.3 cm³/mol. The van der Waals surface area contributed by atoms with E-state index in [9.17, 15) is 9.59 Å². The third-order valence-electron chi connectivity index (χ3n) is 3.55. The highest BCUT2D eigenvalue weighted by Crippen LogP contribution is 2.31. The lowest BCUT2D eigenvalue weighted by molar-refractivity contribution is -0.189. The molecule has 114 valence electrons. The zero-order valence-electron chi connectivity index (χ0n) is 12.2. The molecule has 0 saturated carbocycles. The van der Waals surface area contributed by atoms with Crippen LogP contribution >= 0.6 is 0 Å². The van der Waals surface area contributed by atoms with Crippen LogP contribution in [0.2, 0.25) is 0 Å². The molecule has 5 nitrogen and oxygen atoms in total. The minimum Gasteiger partial charge on any atom is -0.458 e. The molecule has 1 aromatic heterocycles. The molecule has 0 unspecified atom stereocenters. The molecule has 2 heterocycles. The smallest absolute Gasteiger partial charge is 0.185 e. The Morgan fingerprint density at radius 3 is 2.59 bits per heavy atom. The Hall–Kier alpha value is -2.24. The average Bonchev–Trinajstić information content (AvgIpc) is 2.54. The number of benzene rings is 1. The highest BCUT2D eigenvalue weighted by Gasteiger charge is 2.30. The van der Waals surface area contributed by atoms with Gasteiger partial charge in [-0.2, -0.15) is 0 Å². The fourth-order valence-corrected chi connectivity index (χ4v) is 2.46. The van der Waals surface area contributed by atoms with Gasteiger partial charge in [-0.1, -0.05) is 30.3 Å². The normalized spacial score (nSPS) is 21.8. The minimum absolute atomic E-state index is 0.0239. The van der Waals surface area contributed by atoms with Gasteiger partial charge in [0, 0.05) is 31.2 Å². The van der Waals surface area contributed by atoms with Gasteiger partial charge in [-0.15, -0.1) is 0 Å². The number of carbonyl (C=O) groups excluding carboxylic acids is 1. The molecule has 1 fully saturated rings. The van der Waals surface area contributed by atoms with E-state index in [1.54, 1.807) is 0 Å². The summed E-state index contributed by atoms with van der Waals surface area (Å²) in [6.45, 7) is 0. The lowest BCUT2D eigenvalue weighted by Crippen LogP contribution is -2.30. The molecule has 5 heteroatoms. The van der Waals surface area contributed by atoms with E-state index in [1.165, 1.54) is 19.2 Å². The summed E-state index contributed by atoms with van der Waals surface area (Å²) in [7, 11) is 1.48. The van der Waals surface area contributed by atoms with E-state index >= 15 is 0 Å². The monoisotopic (exact) mass is 300 g/mol. The van der Waals surface area contributed by atoms with Crippen molar-refractivity contribution < 1.29 is 18.7 Å². The second-order valence-corrected chi connectivity index (χ2v) is 5.16. The van der Waals surface area contributed by atoms with Gasteiger partial charge in [-0.05, 0) is 0 Å². The molecule has 1 aliphatic rings. The molecular formula is C17H16O5. The molecule has 0 aliphatic carbocycles. The van der Waals surface area contributed by atoms with Gasteiger partial charge < -0.3 is 13.9 Å². The Labute approximate surface area is 127 Å². The van der Waals surface area contributed by atoms with E-state index in [2.05, 4.69) is 0 Å². The van der Waals surface area contributed by atoms with Gasteiger partial charge in [0.1, 0.15) is 23.4 Å². The molecule has 0 amide bonds. The summed E-state index contributed by atoms with van der Waals surface area (Å²) in [6.07, 6.45) is -0.795. The van der Waals surface area contributed by atoms with Crippen molar-refractivity contribution in [2.75, 3.05) is 7.11 Å². The van der Waals surface area contributed by atoms with Crippen LogP contribution in [0.1, 0.15) is 24.7 Å². The maximum absolute atomic E-state index is 11.9. The lowest BCUT2D eigenvalue weighted by Gasteiger charge is -2.27. The molecule has 0 radical (unpaired) electrons. The van der Waals surface area contributed by atoms with Crippen LogP contribution in [0.15, 0.2) is 51.7 Å². The van der Waals surface area contributed by atoms with Crippen LogP contribution in [-0.2, 0) is 14.3 Å². The number of carbonyl (C=O) groups is 1. The average molecular weight is 300 g/mol. The van der Waals surface area contributed by atoms with Crippen molar-refractivity contribution in [2.24, 2.45) is 0 Å². The van der Waals surface area contributed by atoms with Crippen LogP contribution < -0.4 is 5.43 Å². The molecule has 3 rings (SSSR count). The van der Waals surface area contributed by atoms with Crippen LogP contribution in [0.5, 0.6) is 0 Å². The van der Waals surface area contributed by atoms with Crippen molar-refractivity contribution in [1.29, 1.82) is 0 Å². The number of ketones is 1. The zero-order chi connectivity index (χ0) is 15.5. The molecule has 0 N–H and O–H groups in total. The quantitative estimate of drug-likeness (QED) is 0.872. The van der Waals surface area contributed by atoms with Gasteiger partial charge in [0.2, 0.25) is 0 Å². The van der Waals surface area contributed by atoms with Crippen LogP contribution in [-0.4, -0.2) is 19.2 Å². The second kappa shape index (κ2) is 6.25. The van der Waals surface area contributed by atoms with Gasteiger partial charge in [-0.25, -0.2) is 0 Å². The summed E-state index contributed by atoms with van der Waals surface area (Å²) in [5, 5.41) is 0. The first-order valence-corrected chi connectivity index (χ1v) is 7.06. The van der Waals surface area contributed by atoms with Crippen molar-refractivity contribution in [1.82, 2.24) is 0 Å². The van der Waals surface area contributed by atoms with Crippen molar-refractivity contribution in [3.8, 4) is 11.3 Å². The molecule has 2 atom stereocenters. The fraction of sp³-hybridized carbons (Fsp3) is 0.294. The maximum atomic E-state index is 11.9. The van der Waals surface area contributed by atoms with E-state index in [1.807, 2.05) is 30.3 Å². The third-order valence-corrected chi connectivity index (χ3v) is 3.55. The summed E-state index contributed by atoms with van der Waals surface area (Å²) < 4.78 is 16.5. The van der Waals surface area contributed by atoms with Gasteiger partial charge in [-0.3, -0.25) is 9.59 Å². The van der Waals surface area contributed by atoms with E-state index in [0.29, 0.717) is 11.5 Å². The Kier molecular flexibility index (Phi) is 4.18. The number of ether oxygens (including phenoxy) is 2. The Bertz CT molecular complexity index is 719. The van der Waals surface area contributed by atoms with Crippen molar-refractivity contribution in [3.05, 3.63) is 58.4 Å². The van der Waals surface area contributed by atoms with Gasteiger partial charge in [0.05, 0.1) is 6.42 Å². The Morgan fingerprint density at radius 2 is 1.86 bits per heavy atom. The highest BCUT2D eigenvalue weighted by atomic mass is 16.7. The first-order chi connectivity index (χ1) is 10.7.